The maximum atomic E-state index is 12.4. The van der Waals surface area contributed by atoms with Crippen LogP contribution in [0, 0.1) is 0 Å². The van der Waals surface area contributed by atoms with Crippen LogP contribution in [0.4, 0.5) is 0 Å². The van der Waals surface area contributed by atoms with E-state index in [9.17, 15) is 8.42 Å². The fourth-order valence-corrected chi connectivity index (χ4v) is 6.01. The van der Waals surface area contributed by atoms with Gasteiger partial charge in [-0.15, -0.1) is 24.0 Å². The molecular formula is C22H36IN3O3S. The molecule has 1 aromatic carbocycles. The van der Waals surface area contributed by atoms with Crippen LogP contribution >= 0.6 is 24.0 Å². The van der Waals surface area contributed by atoms with E-state index in [0.717, 1.165) is 31.1 Å². The zero-order valence-electron chi connectivity index (χ0n) is 18.6. The quantitative estimate of drug-likeness (QED) is 0.353. The van der Waals surface area contributed by atoms with E-state index in [1.54, 1.807) is 14.2 Å². The number of nitrogens with one attached hydrogen (secondary N) is 1. The van der Waals surface area contributed by atoms with Crippen molar-refractivity contribution in [1.82, 2.24) is 10.2 Å². The van der Waals surface area contributed by atoms with Crippen molar-refractivity contribution < 1.29 is 13.2 Å². The Balaban J connectivity index is 0.00000320. The first kappa shape index (κ1) is 25.2. The van der Waals surface area contributed by atoms with Crippen LogP contribution in [0.15, 0.2) is 29.3 Å². The molecular weight excluding hydrogens is 513 g/mol. The number of halogens is 1. The molecule has 1 saturated carbocycles. The van der Waals surface area contributed by atoms with Gasteiger partial charge in [0.25, 0.3) is 0 Å². The Labute approximate surface area is 198 Å². The highest BCUT2D eigenvalue weighted by Gasteiger charge is 2.41. The third kappa shape index (κ3) is 5.23. The van der Waals surface area contributed by atoms with E-state index in [2.05, 4.69) is 27.3 Å². The van der Waals surface area contributed by atoms with Crippen molar-refractivity contribution >= 4 is 39.8 Å². The van der Waals surface area contributed by atoms with Gasteiger partial charge >= 0.3 is 0 Å². The molecule has 30 heavy (non-hydrogen) atoms. The largest absolute Gasteiger partial charge is 0.497 e. The van der Waals surface area contributed by atoms with Crippen LogP contribution < -0.4 is 10.1 Å². The van der Waals surface area contributed by atoms with E-state index in [1.165, 1.54) is 24.8 Å². The molecule has 1 aliphatic carbocycles. The number of ether oxygens (including phenoxy) is 1. The molecule has 6 nitrogen and oxygen atoms in total. The number of hydrogen-bond acceptors (Lipinski definition) is 4. The number of sulfone groups is 1. The van der Waals surface area contributed by atoms with Crippen LogP contribution in [0.2, 0.25) is 0 Å². The molecule has 0 amide bonds. The molecule has 1 saturated heterocycles. The fourth-order valence-electron chi connectivity index (χ4n) is 4.65. The Morgan fingerprint density at radius 3 is 2.33 bits per heavy atom. The number of methoxy groups -OCH3 is 1. The highest BCUT2D eigenvalue weighted by Crippen LogP contribution is 2.39. The first-order valence-electron chi connectivity index (χ1n) is 10.6. The van der Waals surface area contributed by atoms with Gasteiger partial charge in [0.15, 0.2) is 15.8 Å². The lowest BCUT2D eigenvalue weighted by Crippen LogP contribution is -2.58. The van der Waals surface area contributed by atoms with Gasteiger partial charge in [-0.1, -0.05) is 31.4 Å². The number of guanidine groups is 1. The van der Waals surface area contributed by atoms with Crippen LogP contribution in [0.5, 0.6) is 5.75 Å². The zero-order valence-corrected chi connectivity index (χ0v) is 21.8. The summed E-state index contributed by atoms with van der Waals surface area (Å²) in [6.07, 6.45) is 6.01. The summed E-state index contributed by atoms with van der Waals surface area (Å²) >= 11 is 0. The summed E-state index contributed by atoms with van der Waals surface area (Å²) in [7, 11) is 0.400. The van der Waals surface area contributed by atoms with Gasteiger partial charge in [-0.3, -0.25) is 4.99 Å². The predicted octanol–water partition coefficient (Wildman–Crippen LogP) is 3.60. The van der Waals surface area contributed by atoms with Crippen molar-refractivity contribution in [2.45, 2.75) is 56.1 Å². The fraction of sp³-hybridized carbons (Fsp3) is 0.682. The van der Waals surface area contributed by atoms with Gasteiger partial charge in [-0.25, -0.2) is 8.42 Å². The van der Waals surface area contributed by atoms with Gasteiger partial charge in [0.2, 0.25) is 0 Å². The summed E-state index contributed by atoms with van der Waals surface area (Å²) in [5.41, 5.74) is 1.40. The first-order chi connectivity index (χ1) is 13.7. The van der Waals surface area contributed by atoms with Crippen molar-refractivity contribution in [1.29, 1.82) is 0 Å². The van der Waals surface area contributed by atoms with E-state index >= 15 is 0 Å². The van der Waals surface area contributed by atoms with Gasteiger partial charge in [0, 0.05) is 32.1 Å². The van der Waals surface area contributed by atoms with Gasteiger partial charge in [0.1, 0.15) is 5.75 Å². The minimum absolute atomic E-state index is 0. The molecule has 0 aromatic heterocycles. The SMILES string of the molecule is CN=C(NCC1(c2ccc(OC)cc2)CCCCC1)N1CCS(=O)(=O)C(C)(C)C1.I. The molecule has 1 aromatic rings. The average molecular weight is 550 g/mol. The van der Waals surface area contributed by atoms with Gasteiger partial charge in [-0.05, 0) is 44.4 Å². The van der Waals surface area contributed by atoms with Crippen LogP contribution in [-0.4, -0.2) is 63.6 Å². The molecule has 1 heterocycles. The summed E-state index contributed by atoms with van der Waals surface area (Å²) in [4.78, 5) is 6.57. The second kappa shape index (κ2) is 10.1. The molecule has 1 N–H and O–H groups in total. The molecule has 8 heteroatoms. The Bertz CT molecular complexity index is 832. The number of benzene rings is 1. The maximum absolute atomic E-state index is 12.4. The summed E-state index contributed by atoms with van der Waals surface area (Å²) in [6.45, 7) is 5.37. The second-order valence-corrected chi connectivity index (χ2v) is 11.7. The van der Waals surface area contributed by atoms with Crippen LogP contribution in [-0.2, 0) is 15.3 Å². The van der Waals surface area contributed by atoms with E-state index < -0.39 is 14.6 Å². The first-order valence-corrected chi connectivity index (χ1v) is 12.2. The van der Waals surface area contributed by atoms with E-state index in [-0.39, 0.29) is 35.1 Å². The molecule has 0 bridgehead atoms. The predicted molar refractivity (Wildman–Crippen MR) is 134 cm³/mol. The van der Waals surface area contributed by atoms with Crippen molar-refractivity contribution in [3.8, 4) is 5.75 Å². The molecule has 0 unspecified atom stereocenters. The zero-order chi connectivity index (χ0) is 21.1. The minimum Gasteiger partial charge on any atom is -0.497 e. The Hall–Kier alpha value is -1.03. The lowest BCUT2D eigenvalue weighted by Gasteiger charge is -2.42. The van der Waals surface area contributed by atoms with E-state index in [1.807, 2.05) is 26.0 Å². The highest BCUT2D eigenvalue weighted by atomic mass is 127. The summed E-state index contributed by atoms with van der Waals surface area (Å²) in [5.74, 6) is 1.84. The monoisotopic (exact) mass is 549 g/mol. The lowest BCUT2D eigenvalue weighted by atomic mass is 9.69. The Morgan fingerprint density at radius 2 is 1.80 bits per heavy atom. The molecule has 170 valence electrons. The van der Waals surface area contributed by atoms with Gasteiger partial charge < -0.3 is 15.0 Å². The number of aliphatic imine (C=N–C) groups is 1. The average Bonchev–Trinajstić information content (AvgIpc) is 2.72. The van der Waals surface area contributed by atoms with Crippen molar-refractivity contribution in [3.05, 3.63) is 29.8 Å². The Kier molecular flexibility index (Phi) is 8.46. The highest BCUT2D eigenvalue weighted by molar-refractivity contribution is 14.0. The molecule has 1 aliphatic heterocycles. The van der Waals surface area contributed by atoms with Crippen molar-refractivity contribution in [2.24, 2.45) is 4.99 Å². The normalized spacial score (nSPS) is 22.7. The molecule has 0 radical (unpaired) electrons. The van der Waals surface area contributed by atoms with Gasteiger partial charge in [0.05, 0.1) is 17.6 Å². The number of hydrogen-bond donors (Lipinski definition) is 1. The lowest BCUT2D eigenvalue weighted by molar-refractivity contribution is 0.283. The number of rotatable bonds is 4. The van der Waals surface area contributed by atoms with Crippen LogP contribution in [0.25, 0.3) is 0 Å². The molecule has 3 rings (SSSR count). The molecule has 0 spiro atoms. The standard InChI is InChI=1S/C22H35N3O3S.HI/c1-21(2)17-25(14-15-29(21,26)27)20(23-3)24-16-22(12-6-5-7-13-22)18-8-10-19(28-4)11-9-18;/h8-11H,5-7,12-17H2,1-4H3,(H,23,24);1H. The molecule has 2 fully saturated rings. The summed E-state index contributed by atoms with van der Waals surface area (Å²) in [6, 6.07) is 8.45. The van der Waals surface area contributed by atoms with Crippen LogP contribution in [0.1, 0.15) is 51.5 Å². The summed E-state index contributed by atoms with van der Waals surface area (Å²) < 4.78 is 29.3. The van der Waals surface area contributed by atoms with E-state index in [4.69, 9.17) is 4.74 Å². The molecule has 2 aliphatic rings. The van der Waals surface area contributed by atoms with Crippen molar-refractivity contribution in [2.75, 3.05) is 39.5 Å². The van der Waals surface area contributed by atoms with Gasteiger partial charge in [-0.2, -0.15) is 0 Å². The third-order valence-electron chi connectivity index (χ3n) is 6.65. The second-order valence-electron chi connectivity index (χ2n) is 8.97. The number of nitrogens with zero attached hydrogens (tertiary/aromatic N) is 2. The minimum atomic E-state index is -3.07. The van der Waals surface area contributed by atoms with Crippen molar-refractivity contribution in [3.63, 3.8) is 0 Å². The Morgan fingerprint density at radius 1 is 1.17 bits per heavy atom. The topological polar surface area (TPSA) is 71.0 Å². The van der Waals surface area contributed by atoms with E-state index in [0.29, 0.717) is 13.1 Å². The summed E-state index contributed by atoms with van der Waals surface area (Å²) in [5, 5.41) is 3.59. The third-order valence-corrected chi connectivity index (χ3v) is 9.19. The maximum Gasteiger partial charge on any atom is 0.193 e. The van der Waals surface area contributed by atoms with Crippen LogP contribution in [0.3, 0.4) is 0 Å². The molecule has 0 atom stereocenters. The smallest absolute Gasteiger partial charge is 0.193 e.